The minimum atomic E-state index is -0.424. The summed E-state index contributed by atoms with van der Waals surface area (Å²) in [6.07, 6.45) is 1.33. The van der Waals surface area contributed by atoms with Crippen LogP contribution < -0.4 is 5.32 Å². The first-order valence-electron chi connectivity index (χ1n) is 15.0. The van der Waals surface area contributed by atoms with E-state index in [0.29, 0.717) is 5.71 Å². The van der Waals surface area contributed by atoms with Gasteiger partial charge in [-0.15, -0.1) is 0 Å². The van der Waals surface area contributed by atoms with Crippen LogP contribution in [0.4, 0.5) is 0 Å². The van der Waals surface area contributed by atoms with Crippen molar-refractivity contribution in [2.45, 2.75) is 6.17 Å². The minimum Gasteiger partial charge on any atom is -0.438 e. The number of rotatable bonds is 4. The maximum atomic E-state index is 6.11. The quantitative estimate of drug-likeness (QED) is 0.226. The number of furan rings is 1. The molecule has 0 fully saturated rings. The molecule has 0 bridgehead atoms. The average molecular weight is 579 g/mol. The van der Waals surface area contributed by atoms with Gasteiger partial charge in [-0.2, -0.15) is 0 Å². The van der Waals surface area contributed by atoms with E-state index in [1.807, 2.05) is 24.3 Å². The zero-order chi connectivity index (χ0) is 29.7. The van der Waals surface area contributed by atoms with Crippen molar-refractivity contribution in [2.75, 3.05) is 0 Å². The summed E-state index contributed by atoms with van der Waals surface area (Å²) in [6.45, 7) is 0. The number of fused-ring (bicyclic) bond motifs is 5. The fourth-order valence-electron chi connectivity index (χ4n) is 6.30. The number of nitrogens with zero attached hydrogens (tertiary/aromatic N) is 3. The van der Waals surface area contributed by atoms with Crippen molar-refractivity contribution in [3.8, 4) is 11.1 Å². The Labute approximate surface area is 259 Å². The van der Waals surface area contributed by atoms with Crippen LogP contribution in [0.25, 0.3) is 54.7 Å². The highest BCUT2D eigenvalue weighted by molar-refractivity contribution is 6.23. The van der Waals surface area contributed by atoms with Crippen molar-refractivity contribution >= 4 is 55.3 Å². The summed E-state index contributed by atoms with van der Waals surface area (Å²) in [6, 6.07) is 48.5. The first-order valence-corrected chi connectivity index (χ1v) is 15.0. The maximum Gasteiger partial charge on any atom is 0.227 e. The molecule has 0 spiro atoms. The second-order valence-corrected chi connectivity index (χ2v) is 11.3. The van der Waals surface area contributed by atoms with Crippen molar-refractivity contribution in [1.82, 2.24) is 10.3 Å². The first-order chi connectivity index (χ1) is 22.3. The number of aliphatic imine (C=N–C) groups is 2. The third kappa shape index (κ3) is 4.45. The Morgan fingerprint density at radius 2 is 1.22 bits per heavy atom. The number of hydrogen-bond donors (Lipinski definition) is 1. The van der Waals surface area contributed by atoms with Gasteiger partial charge in [0.15, 0.2) is 6.17 Å². The standard InChI is InChI=1S/C40H26N4O/c1-3-9-29-23-31(20-16-25(29)7-1)27-14-18-28(19-15-27)37-42-38(32-21-17-26-8-2-4-10-30(26)24-32)44-39(43-37)33-11-5-13-35-36(33)34-12-6-22-41-40(34)45-35/h1-24,38H,(H,42,43,44). The van der Waals surface area contributed by atoms with E-state index in [1.54, 1.807) is 6.20 Å². The highest BCUT2D eigenvalue weighted by Gasteiger charge is 2.24. The minimum absolute atomic E-state index is 0.424. The number of nitrogens with one attached hydrogen (secondary N) is 1. The third-order valence-electron chi connectivity index (χ3n) is 8.58. The molecule has 212 valence electrons. The molecule has 0 amide bonds. The molecule has 1 aliphatic heterocycles. The third-order valence-corrected chi connectivity index (χ3v) is 8.58. The first kappa shape index (κ1) is 25.4. The van der Waals surface area contributed by atoms with E-state index in [9.17, 15) is 0 Å². The lowest BCUT2D eigenvalue weighted by Crippen LogP contribution is -2.36. The van der Waals surface area contributed by atoms with Gasteiger partial charge in [0.25, 0.3) is 0 Å². The van der Waals surface area contributed by atoms with Crippen LogP contribution >= 0.6 is 0 Å². The fourth-order valence-corrected chi connectivity index (χ4v) is 6.30. The Kier molecular flexibility index (Phi) is 5.81. The molecule has 9 rings (SSSR count). The molecule has 1 aliphatic rings. The molecule has 5 nitrogen and oxygen atoms in total. The van der Waals surface area contributed by atoms with Crippen molar-refractivity contribution in [3.63, 3.8) is 0 Å². The molecule has 0 saturated carbocycles. The highest BCUT2D eigenvalue weighted by atomic mass is 16.3. The monoisotopic (exact) mass is 578 g/mol. The van der Waals surface area contributed by atoms with E-state index in [0.717, 1.165) is 55.7 Å². The van der Waals surface area contributed by atoms with E-state index in [2.05, 4.69) is 126 Å². The number of pyridine rings is 1. The van der Waals surface area contributed by atoms with Crippen LogP contribution in [-0.2, 0) is 0 Å². The van der Waals surface area contributed by atoms with E-state index >= 15 is 0 Å². The van der Waals surface area contributed by atoms with Crippen molar-refractivity contribution in [2.24, 2.45) is 9.98 Å². The van der Waals surface area contributed by atoms with Crippen LogP contribution in [0.3, 0.4) is 0 Å². The van der Waals surface area contributed by atoms with Gasteiger partial charge in [-0.3, -0.25) is 0 Å². The SMILES string of the molecule is c1ccc2cc(-c3ccc(C4=NC(c5ccc6ccccc6c5)N=C(c5cccc6oc7ncccc7c56)N4)cc3)ccc2c1. The Bertz CT molecular complexity index is 2470. The van der Waals surface area contributed by atoms with Crippen LogP contribution in [0.2, 0.25) is 0 Å². The predicted molar refractivity (Wildman–Crippen MR) is 184 cm³/mol. The lowest BCUT2D eigenvalue weighted by atomic mass is 9.99. The largest absolute Gasteiger partial charge is 0.438 e. The molecule has 1 unspecified atom stereocenters. The molecule has 3 heterocycles. The lowest BCUT2D eigenvalue weighted by molar-refractivity contribution is 0.654. The molecule has 6 aromatic carbocycles. The summed E-state index contributed by atoms with van der Waals surface area (Å²) < 4.78 is 6.11. The van der Waals surface area contributed by atoms with Gasteiger partial charge in [0, 0.05) is 28.1 Å². The second-order valence-electron chi connectivity index (χ2n) is 11.3. The van der Waals surface area contributed by atoms with Gasteiger partial charge >= 0.3 is 0 Å². The summed E-state index contributed by atoms with van der Waals surface area (Å²) in [4.78, 5) is 14.8. The lowest BCUT2D eigenvalue weighted by Gasteiger charge is -2.23. The Morgan fingerprint density at radius 3 is 2.04 bits per heavy atom. The van der Waals surface area contributed by atoms with Gasteiger partial charge < -0.3 is 9.73 Å². The maximum absolute atomic E-state index is 6.11. The Hall–Kier alpha value is -6.07. The highest BCUT2D eigenvalue weighted by Crippen LogP contribution is 2.33. The molecule has 8 aromatic rings. The molecule has 0 aliphatic carbocycles. The predicted octanol–water partition coefficient (Wildman–Crippen LogP) is 9.45. The normalized spacial score (nSPS) is 14.9. The average Bonchev–Trinajstić information content (AvgIpc) is 3.50. The van der Waals surface area contributed by atoms with Gasteiger partial charge in [0.2, 0.25) is 5.71 Å². The fraction of sp³-hybridized carbons (Fsp3) is 0.0250. The van der Waals surface area contributed by atoms with Crippen LogP contribution in [-0.4, -0.2) is 16.7 Å². The van der Waals surface area contributed by atoms with Crippen molar-refractivity contribution in [1.29, 1.82) is 0 Å². The summed E-state index contributed by atoms with van der Waals surface area (Å²) in [7, 11) is 0. The second kappa shape index (κ2) is 10.3. The summed E-state index contributed by atoms with van der Waals surface area (Å²) in [5, 5.41) is 10.4. The van der Waals surface area contributed by atoms with E-state index in [-0.39, 0.29) is 0 Å². The Morgan fingerprint density at radius 1 is 0.533 bits per heavy atom. The van der Waals surface area contributed by atoms with Gasteiger partial charge in [-0.05, 0) is 68.6 Å². The Balaban J connectivity index is 1.16. The topological polar surface area (TPSA) is 62.8 Å². The molecular formula is C40H26N4O. The molecule has 5 heteroatoms. The van der Waals surface area contributed by atoms with Gasteiger partial charge in [-0.25, -0.2) is 15.0 Å². The zero-order valence-electron chi connectivity index (χ0n) is 24.2. The molecule has 1 atom stereocenters. The molecule has 2 aromatic heterocycles. The van der Waals surface area contributed by atoms with E-state index in [1.165, 1.54) is 21.7 Å². The summed E-state index contributed by atoms with van der Waals surface area (Å²) in [5.41, 5.74) is 6.69. The van der Waals surface area contributed by atoms with E-state index in [4.69, 9.17) is 14.4 Å². The summed E-state index contributed by atoms with van der Waals surface area (Å²) in [5.74, 6) is 1.51. The summed E-state index contributed by atoms with van der Waals surface area (Å²) >= 11 is 0. The zero-order valence-corrected chi connectivity index (χ0v) is 24.2. The van der Waals surface area contributed by atoms with Crippen LogP contribution in [0, 0.1) is 0 Å². The molecule has 0 radical (unpaired) electrons. The van der Waals surface area contributed by atoms with Gasteiger partial charge in [0.05, 0.1) is 0 Å². The van der Waals surface area contributed by atoms with E-state index < -0.39 is 6.17 Å². The number of hydrogen-bond acceptors (Lipinski definition) is 5. The number of aromatic nitrogens is 1. The van der Waals surface area contributed by atoms with Crippen LogP contribution in [0.1, 0.15) is 22.9 Å². The number of benzene rings is 6. The molecule has 0 saturated heterocycles. The van der Waals surface area contributed by atoms with Crippen LogP contribution in [0.5, 0.6) is 0 Å². The number of amidine groups is 2. The molecule has 1 N–H and O–H groups in total. The van der Waals surface area contributed by atoms with Crippen molar-refractivity contribution in [3.05, 3.63) is 162 Å². The van der Waals surface area contributed by atoms with Crippen LogP contribution in [0.15, 0.2) is 160 Å². The van der Waals surface area contributed by atoms with Crippen molar-refractivity contribution < 1.29 is 4.42 Å². The van der Waals surface area contributed by atoms with Gasteiger partial charge in [0.1, 0.15) is 17.3 Å². The smallest absolute Gasteiger partial charge is 0.227 e. The molecular weight excluding hydrogens is 552 g/mol. The molecule has 45 heavy (non-hydrogen) atoms. The van der Waals surface area contributed by atoms with Gasteiger partial charge in [-0.1, -0.05) is 109 Å².